The van der Waals surface area contributed by atoms with Gasteiger partial charge in [0.05, 0.1) is 117 Å². The zero-order chi connectivity index (χ0) is 103. The van der Waals surface area contributed by atoms with Gasteiger partial charge in [0, 0.05) is 59.2 Å². The molecule has 35 atom stereocenters. The van der Waals surface area contributed by atoms with Crippen molar-refractivity contribution in [1.82, 2.24) is 0 Å². The lowest BCUT2D eigenvalue weighted by Crippen LogP contribution is -2.46. The molecule has 12 saturated carbocycles. The van der Waals surface area contributed by atoms with E-state index in [1.807, 2.05) is 125 Å². The average molecular weight is 1980 g/mol. The fraction of sp³-hybridized carbons (Fsp3) is 0.840. The number of esters is 17. The summed E-state index contributed by atoms with van der Waals surface area (Å²) in [6, 6.07) is 0. The van der Waals surface area contributed by atoms with Gasteiger partial charge in [0.25, 0.3) is 0 Å². The molecule has 20 rings (SSSR count). The van der Waals surface area contributed by atoms with Crippen molar-refractivity contribution in [2.45, 2.75) is 390 Å². The number of carbonyl (C=O) groups excluding carboxylic acids is 17. The van der Waals surface area contributed by atoms with E-state index in [0.29, 0.717) is 77.0 Å². The Morgan fingerprint density at radius 2 is 0.525 bits per heavy atom. The largest absolute Gasteiger partial charge is 0.469 e. The van der Waals surface area contributed by atoms with Gasteiger partial charge in [0.1, 0.15) is 85.0 Å². The minimum absolute atomic E-state index is 0.0313. The first-order valence-corrected chi connectivity index (χ1v) is 52.2. The molecule has 0 radical (unpaired) electrons. The third-order valence-corrected chi connectivity index (χ3v) is 36.3. The summed E-state index contributed by atoms with van der Waals surface area (Å²) in [4.78, 5) is 210. The monoisotopic (exact) mass is 1980 g/mol. The molecule has 0 aromatic carbocycles. The Kier molecular flexibility index (Phi) is 30.2. The maximum Gasteiger partial charge on any atom is 0.312 e. The summed E-state index contributed by atoms with van der Waals surface area (Å²) < 4.78 is 99.6. The molecular formula is C106H150O35. The van der Waals surface area contributed by atoms with Crippen molar-refractivity contribution in [1.29, 1.82) is 0 Å². The molecule has 0 spiro atoms. The molecule has 12 bridgehead atoms. The van der Waals surface area contributed by atoms with Crippen molar-refractivity contribution < 1.29 is 167 Å². The molecule has 35 heteroatoms. The Labute approximate surface area is 825 Å². The summed E-state index contributed by atoms with van der Waals surface area (Å²) in [5.74, 6) is -11.7. The van der Waals surface area contributed by atoms with Crippen LogP contribution in [0.25, 0.3) is 0 Å². The molecule has 784 valence electrons. The average Bonchev–Trinajstić information content (AvgIpc) is 1.56. The Hall–Kier alpha value is -9.05. The Balaban J connectivity index is 0.000000128. The Bertz CT molecular complexity index is 4840. The molecule has 141 heavy (non-hydrogen) atoms. The van der Waals surface area contributed by atoms with Crippen molar-refractivity contribution in [2.24, 2.45) is 157 Å². The lowest BCUT2D eigenvalue weighted by Gasteiger charge is -2.33. The molecule has 12 aliphatic carbocycles. The van der Waals surface area contributed by atoms with Crippen LogP contribution in [0.5, 0.6) is 0 Å². The number of fused-ring (bicyclic) bond motifs is 6. The first-order chi connectivity index (χ1) is 66.2. The van der Waals surface area contributed by atoms with E-state index in [9.17, 15) is 81.5 Å². The molecule has 0 amide bonds. The van der Waals surface area contributed by atoms with Crippen molar-refractivity contribution in [3.63, 3.8) is 0 Å². The molecule has 35 unspecified atom stereocenters. The van der Waals surface area contributed by atoms with E-state index < -0.39 is 182 Å². The lowest BCUT2D eigenvalue weighted by molar-refractivity contribution is -0.176. The molecule has 20 fully saturated rings. The predicted molar refractivity (Wildman–Crippen MR) is 488 cm³/mol. The van der Waals surface area contributed by atoms with Crippen LogP contribution in [0.1, 0.15) is 287 Å². The highest BCUT2D eigenvalue weighted by atomic mass is 16.7. The molecule has 0 N–H and O–H groups in total. The number of rotatable bonds is 26. The van der Waals surface area contributed by atoms with E-state index in [1.165, 1.54) is 13.5 Å². The van der Waals surface area contributed by atoms with Crippen LogP contribution >= 0.6 is 0 Å². The predicted octanol–water partition coefficient (Wildman–Crippen LogP) is 12.2. The quantitative estimate of drug-likeness (QED) is 0.0573. The molecular weight excluding hydrogens is 1830 g/mol. The van der Waals surface area contributed by atoms with E-state index in [0.717, 1.165) is 51.4 Å². The summed E-state index contributed by atoms with van der Waals surface area (Å²) in [6.45, 7) is 41.1. The van der Waals surface area contributed by atoms with Gasteiger partial charge in [-0.05, 0) is 239 Å². The highest BCUT2D eigenvalue weighted by molar-refractivity contribution is 5.91. The number of hydrogen-bond acceptors (Lipinski definition) is 35. The maximum atomic E-state index is 13.0. The topological polar surface area (TPSA) is 456 Å². The molecule has 8 saturated heterocycles. The third-order valence-electron chi connectivity index (χ3n) is 36.3. The maximum absolute atomic E-state index is 13.0. The van der Waals surface area contributed by atoms with E-state index in [1.54, 1.807) is 27.7 Å². The van der Waals surface area contributed by atoms with Crippen molar-refractivity contribution >= 4 is 101 Å². The van der Waals surface area contributed by atoms with Crippen LogP contribution in [-0.2, 0) is 167 Å². The third kappa shape index (κ3) is 19.5. The second-order valence-corrected chi connectivity index (χ2v) is 48.0. The van der Waals surface area contributed by atoms with E-state index >= 15 is 0 Å². The van der Waals surface area contributed by atoms with Crippen LogP contribution in [0.15, 0.2) is 0 Å². The SMILES string of the molecule is CCC(C)(C)C(=O)OC1C2CC3C(=O)OC1C3O2.CCC(C)(C)C(=O)OC1C2CC3C1OC(=O)C3C2C(=O)OC.CCC(C)(C)C(=O)OC1C2CC3C1OC(=O)C3C2C(=O)OC(C)(C)C.CCC(C)(C)C(=O)OC1C2CC3C1OC(=O)C3C2C(=O)OC1CCCC1.CCC(C)(C)C(=O)OC1C2CC3C1OC(=O)C3C2C(=O)OC1CCCCC1.CCOC(=O)C1C2CC3C(OC(=O)C31)C2OC(=O)C(C)(C)CC. The highest BCUT2D eigenvalue weighted by Crippen LogP contribution is 2.65. The van der Waals surface area contributed by atoms with Crippen molar-refractivity contribution in [3.8, 4) is 0 Å². The van der Waals surface area contributed by atoms with Crippen LogP contribution in [0.4, 0.5) is 0 Å². The van der Waals surface area contributed by atoms with Gasteiger partial charge in [-0.1, -0.05) is 48.0 Å². The van der Waals surface area contributed by atoms with Gasteiger partial charge in [0.2, 0.25) is 0 Å². The van der Waals surface area contributed by atoms with E-state index in [4.69, 9.17) is 85.3 Å². The Morgan fingerprint density at radius 1 is 0.277 bits per heavy atom. The lowest BCUT2D eigenvalue weighted by atomic mass is 9.78. The summed E-state index contributed by atoms with van der Waals surface area (Å²) >= 11 is 0. The molecule has 20 aliphatic rings. The first kappa shape index (κ1) is 106. The number of ether oxygens (including phenoxy) is 18. The minimum atomic E-state index is -0.628. The minimum Gasteiger partial charge on any atom is -0.469 e. The summed E-state index contributed by atoms with van der Waals surface area (Å²) in [7, 11) is 1.31. The van der Waals surface area contributed by atoms with Crippen LogP contribution in [0.3, 0.4) is 0 Å². The smallest absolute Gasteiger partial charge is 0.312 e. The zero-order valence-corrected chi connectivity index (χ0v) is 86.2. The van der Waals surface area contributed by atoms with Gasteiger partial charge in [-0.2, -0.15) is 0 Å². The molecule has 0 aromatic rings. The first-order valence-electron chi connectivity index (χ1n) is 52.2. The Morgan fingerprint density at radius 3 is 0.787 bits per heavy atom. The second-order valence-electron chi connectivity index (χ2n) is 48.0. The van der Waals surface area contributed by atoms with Crippen LogP contribution in [0.2, 0.25) is 0 Å². The van der Waals surface area contributed by atoms with E-state index in [2.05, 4.69) is 0 Å². The van der Waals surface area contributed by atoms with Crippen molar-refractivity contribution in [3.05, 3.63) is 0 Å². The molecule has 8 heterocycles. The fourth-order valence-electron chi connectivity index (χ4n) is 25.7. The summed E-state index contributed by atoms with van der Waals surface area (Å²) in [5.41, 5.74) is -4.12. The standard InChI is InChI=1S/C21H30O6.C20H28O6.C19H28O6.C17H24O6.C16H22O6.C13H18O5/c1-4-21(2,3)20(24)27-17-13-10-12-15(19(23)26-16(12)17)14(13)18(22)25-11-8-6-5-7-9-11;1-4-20(2,3)19(23)26-16-12-9-11-14(18(22)25-15(11)16)13(12)17(21)24-10-7-5-6-8-10;1-7-19(5,6)17(22)24-14-10-8-9-11(15(20)23-13(9)14)12(10)16(21)25-18(2,3)4;1-5-17(3,4)16(20)23-13-8-7-9-11(15(19)22-12(9)13)10(8)14(18)21-6-2;1-5-16(2,3)15(19)22-12-7-6-8-10(9(7)13(17)20-4)14(18)21-11(8)12;1-4-13(2,3)12(15)18-9-7-5-6-8(16-7)10(9)17-11(6)14/h11-17H,4-10H2,1-3H3;10-16H,4-9H2,1-3H3;9-14H,7-8H2,1-6H3;8-13H,5-7H2,1-4H3;7-12H,5-6H2,1-4H3;6-10H,4-5H2,1-3H3. The van der Waals surface area contributed by atoms with Gasteiger partial charge < -0.3 is 85.3 Å². The second kappa shape index (κ2) is 40.1. The van der Waals surface area contributed by atoms with Crippen LogP contribution in [0, 0.1) is 157 Å². The number of carbonyl (C=O) groups is 17. The molecule has 35 nitrogen and oxygen atoms in total. The highest BCUT2D eigenvalue weighted by Gasteiger charge is 2.77. The van der Waals surface area contributed by atoms with Gasteiger partial charge in [-0.25, -0.2) is 0 Å². The van der Waals surface area contributed by atoms with Crippen molar-refractivity contribution in [2.75, 3.05) is 13.7 Å². The fourth-order valence-corrected chi connectivity index (χ4v) is 25.7. The van der Waals surface area contributed by atoms with Gasteiger partial charge in [0.15, 0.2) is 12.2 Å². The molecule has 8 aliphatic heterocycles. The van der Waals surface area contributed by atoms with Crippen LogP contribution < -0.4 is 0 Å². The van der Waals surface area contributed by atoms with Gasteiger partial charge in [-0.15, -0.1) is 0 Å². The summed E-state index contributed by atoms with van der Waals surface area (Å²) in [6.07, 6.45) is 11.1. The normalized spacial score (nSPS) is 38.2. The number of methoxy groups -OCH3 is 1. The van der Waals surface area contributed by atoms with Crippen LogP contribution in [-0.4, -0.2) is 218 Å². The van der Waals surface area contributed by atoms with E-state index in [-0.39, 0.29) is 186 Å². The van der Waals surface area contributed by atoms with Gasteiger partial charge in [-0.3, -0.25) is 81.5 Å². The molecule has 0 aromatic heterocycles. The number of hydrogen-bond donors (Lipinski definition) is 0. The zero-order valence-electron chi connectivity index (χ0n) is 86.2. The summed E-state index contributed by atoms with van der Waals surface area (Å²) in [5, 5.41) is 0. The van der Waals surface area contributed by atoms with Gasteiger partial charge >= 0.3 is 101 Å².